The maximum absolute atomic E-state index is 13.3. The molecule has 2 aromatic heterocycles. The van der Waals surface area contributed by atoms with Gasteiger partial charge in [0.2, 0.25) is 5.16 Å². The quantitative estimate of drug-likeness (QED) is 0.0676. The number of carbonyl (C=O) groups is 4. The van der Waals surface area contributed by atoms with Gasteiger partial charge in [-0.15, -0.1) is 28.2 Å². The number of hydrogen-bond acceptors (Lipinski definition) is 15. The number of β-lactam (4-membered cyclic amide) rings is 1. The Balaban J connectivity index is 1.27. The number of carbonyl (C=O) groups excluding carboxylic acids is 2. The number of nitrogen functional groups attached to an aromatic ring is 1. The molecule has 0 saturated carbocycles. The Hall–Kier alpha value is -4.60. The normalized spacial score (nSPS) is 18.7. The Bertz CT molecular complexity index is 1700. The van der Waals surface area contributed by atoms with Gasteiger partial charge in [-0.2, -0.15) is 0 Å². The monoisotopic (exact) mass is 679 g/mol. The van der Waals surface area contributed by atoms with Crippen molar-refractivity contribution in [2.75, 3.05) is 17.2 Å². The van der Waals surface area contributed by atoms with Gasteiger partial charge in [0.05, 0.1) is 6.54 Å². The van der Waals surface area contributed by atoms with E-state index >= 15 is 0 Å². The number of anilines is 1. The zero-order chi connectivity index (χ0) is 32.2. The first kappa shape index (κ1) is 31.8. The van der Waals surface area contributed by atoms with Crippen molar-refractivity contribution < 1.29 is 43.7 Å². The predicted molar refractivity (Wildman–Crippen MR) is 156 cm³/mol. The van der Waals surface area contributed by atoms with Crippen LogP contribution >= 0.6 is 34.9 Å². The molecule has 0 bridgehead atoms. The average molecular weight is 680 g/mol. The second-order valence-electron chi connectivity index (χ2n) is 9.32. The van der Waals surface area contributed by atoms with Crippen LogP contribution in [0, 0.1) is 5.82 Å². The van der Waals surface area contributed by atoms with Gasteiger partial charge in [0.25, 0.3) is 11.8 Å². The molecule has 1 aromatic carbocycles. The molecule has 21 heteroatoms. The molecular formula is C24H22FN9O8S3. The lowest BCUT2D eigenvalue weighted by Crippen LogP contribution is -2.71. The number of thiazole rings is 1. The molecule has 2 amide bonds. The van der Waals surface area contributed by atoms with Gasteiger partial charge in [0.1, 0.15) is 35.2 Å². The van der Waals surface area contributed by atoms with Gasteiger partial charge >= 0.3 is 11.9 Å². The highest BCUT2D eigenvalue weighted by molar-refractivity contribution is 8.01. The summed E-state index contributed by atoms with van der Waals surface area (Å²) in [6.45, 7) is -0.514. The molecular weight excluding hydrogens is 658 g/mol. The lowest BCUT2D eigenvalue weighted by molar-refractivity contribution is -0.150. The molecule has 4 heterocycles. The number of nitrogens with two attached hydrogens (primary N) is 1. The average Bonchev–Trinajstić information content (AvgIpc) is 3.65. The zero-order valence-electron chi connectivity index (χ0n) is 22.6. The summed E-state index contributed by atoms with van der Waals surface area (Å²) in [5.74, 6) is -4.50. The SMILES string of the molecule is Nc1nc(/C(=N\OCc2ccc(F)cc2)C(=O)NC2C(=O)N3C(C(=O)O)=C(CSc4nnnn4CC(O)C(=O)O)CS[C@H]23)cs1. The summed E-state index contributed by atoms with van der Waals surface area (Å²) >= 11 is 3.28. The van der Waals surface area contributed by atoms with E-state index in [0.717, 1.165) is 32.7 Å². The van der Waals surface area contributed by atoms with Crippen molar-refractivity contribution in [3.63, 3.8) is 0 Å². The highest BCUT2D eigenvalue weighted by atomic mass is 32.2. The van der Waals surface area contributed by atoms with Crippen LogP contribution in [0.1, 0.15) is 11.3 Å². The lowest BCUT2D eigenvalue weighted by atomic mass is 10.0. The fourth-order valence-electron chi connectivity index (χ4n) is 4.16. The number of carboxylic acids is 2. The van der Waals surface area contributed by atoms with Gasteiger partial charge in [-0.05, 0) is 33.7 Å². The molecule has 5 rings (SSSR count). The summed E-state index contributed by atoms with van der Waals surface area (Å²) in [7, 11) is 0. The van der Waals surface area contributed by atoms with Crippen molar-refractivity contribution in [2.24, 2.45) is 5.16 Å². The van der Waals surface area contributed by atoms with Crippen LogP contribution in [0.5, 0.6) is 0 Å². The van der Waals surface area contributed by atoms with Crippen LogP contribution in [-0.4, -0.2) is 104 Å². The summed E-state index contributed by atoms with van der Waals surface area (Å²) in [5, 5.41) is 46.9. The van der Waals surface area contributed by atoms with E-state index < -0.39 is 53.6 Å². The maximum Gasteiger partial charge on any atom is 0.352 e. The Morgan fingerprint density at radius 2 is 2.02 bits per heavy atom. The van der Waals surface area contributed by atoms with Gasteiger partial charge in [0.15, 0.2) is 16.9 Å². The van der Waals surface area contributed by atoms with Crippen LogP contribution in [0.4, 0.5) is 9.52 Å². The molecule has 0 aliphatic carbocycles. The molecule has 0 radical (unpaired) electrons. The zero-order valence-corrected chi connectivity index (χ0v) is 25.1. The molecule has 3 aromatic rings. The Morgan fingerprint density at radius 3 is 2.69 bits per heavy atom. The molecule has 0 spiro atoms. The number of rotatable bonds is 13. The Kier molecular flexibility index (Phi) is 9.60. The second kappa shape index (κ2) is 13.6. The molecule has 2 aliphatic heterocycles. The third-order valence-corrected chi connectivity index (χ3v) is 9.38. The molecule has 1 saturated heterocycles. The number of thioether (sulfide) groups is 2. The number of hydrogen-bond donors (Lipinski definition) is 5. The summed E-state index contributed by atoms with van der Waals surface area (Å²) < 4.78 is 14.3. The van der Waals surface area contributed by atoms with Crippen LogP contribution in [0.25, 0.3) is 0 Å². The van der Waals surface area contributed by atoms with Crippen molar-refractivity contribution >= 4 is 69.5 Å². The number of halogens is 1. The molecule has 236 valence electrons. The summed E-state index contributed by atoms with van der Waals surface area (Å²) in [5.41, 5.74) is 6.25. The number of aliphatic carboxylic acids is 2. The second-order valence-corrected chi connectivity index (χ2v) is 12.3. The lowest BCUT2D eigenvalue weighted by Gasteiger charge is -2.49. The first-order valence-electron chi connectivity index (χ1n) is 12.7. The van der Waals surface area contributed by atoms with Gasteiger partial charge < -0.3 is 31.2 Å². The molecule has 6 N–H and O–H groups in total. The van der Waals surface area contributed by atoms with Crippen LogP contribution in [0.15, 0.2) is 51.2 Å². The third-order valence-electron chi connectivity index (χ3n) is 6.32. The first-order chi connectivity index (χ1) is 21.5. The van der Waals surface area contributed by atoms with Crippen molar-refractivity contribution in [3.05, 3.63) is 58.0 Å². The number of aromatic nitrogens is 5. The Labute approximate surface area is 264 Å². The van der Waals surface area contributed by atoms with Crippen molar-refractivity contribution in [2.45, 2.75) is 35.8 Å². The Morgan fingerprint density at radius 1 is 1.27 bits per heavy atom. The minimum atomic E-state index is -1.75. The van der Waals surface area contributed by atoms with E-state index in [4.69, 9.17) is 15.7 Å². The molecule has 2 aliphatic rings. The highest BCUT2D eigenvalue weighted by Crippen LogP contribution is 2.41. The van der Waals surface area contributed by atoms with Crippen LogP contribution in [-0.2, 0) is 37.2 Å². The topological polar surface area (TPSA) is 248 Å². The van der Waals surface area contributed by atoms with Crippen LogP contribution in [0.2, 0.25) is 0 Å². The molecule has 3 atom stereocenters. The van der Waals surface area contributed by atoms with Crippen LogP contribution < -0.4 is 11.1 Å². The van der Waals surface area contributed by atoms with Crippen molar-refractivity contribution in [1.29, 1.82) is 0 Å². The predicted octanol–water partition coefficient (Wildman–Crippen LogP) is -0.252. The van der Waals surface area contributed by atoms with Crippen molar-refractivity contribution in [3.8, 4) is 0 Å². The molecule has 17 nitrogen and oxygen atoms in total. The minimum absolute atomic E-state index is 0.0408. The van der Waals surface area contributed by atoms with Gasteiger partial charge in [-0.1, -0.05) is 29.1 Å². The highest BCUT2D eigenvalue weighted by Gasteiger charge is 2.54. The smallest absolute Gasteiger partial charge is 0.352 e. The number of carboxylic acid groups (broad SMARTS) is 2. The van der Waals surface area contributed by atoms with Crippen molar-refractivity contribution in [1.82, 2.24) is 35.4 Å². The van der Waals surface area contributed by atoms with E-state index in [-0.39, 0.29) is 45.5 Å². The molecule has 1 fully saturated rings. The van der Waals surface area contributed by atoms with Gasteiger partial charge in [-0.3, -0.25) is 14.5 Å². The minimum Gasteiger partial charge on any atom is -0.479 e. The number of oxime groups is 1. The summed E-state index contributed by atoms with van der Waals surface area (Å²) in [6.07, 6.45) is -1.75. The first-order valence-corrected chi connectivity index (χ1v) is 15.6. The number of fused-ring (bicyclic) bond motifs is 1. The van der Waals surface area contributed by atoms with E-state index in [1.165, 1.54) is 41.4 Å². The number of amides is 2. The molecule has 45 heavy (non-hydrogen) atoms. The summed E-state index contributed by atoms with van der Waals surface area (Å²) in [4.78, 5) is 60.2. The van der Waals surface area contributed by atoms with Gasteiger partial charge in [-0.25, -0.2) is 23.6 Å². The van der Waals surface area contributed by atoms with E-state index in [1.807, 2.05) is 0 Å². The number of nitrogens with zero attached hydrogens (tertiary/aromatic N) is 7. The van der Waals surface area contributed by atoms with Crippen LogP contribution in [0.3, 0.4) is 0 Å². The number of aliphatic hydroxyl groups is 1. The molecule has 2 unspecified atom stereocenters. The number of tetrazole rings is 1. The fraction of sp³-hybridized carbons (Fsp3) is 0.292. The standard InChI is InChI=1S/C24H22FN9O8S3/c25-12-3-1-10(2-4-12)6-42-30-15(13-9-44-23(26)27-13)18(36)28-16-19(37)34-17(22(40)41)11(7-43-20(16)34)8-45-24-29-31-32-33(24)5-14(35)21(38)39/h1-4,9,14,16,20,35H,5-8H2,(H2,26,27)(H,28,36)(H,38,39)(H,40,41)/b30-15+/t14?,16?,20-/m1/s1. The van der Waals surface area contributed by atoms with E-state index in [0.29, 0.717) is 11.1 Å². The van der Waals surface area contributed by atoms with E-state index in [1.54, 1.807) is 0 Å². The number of aliphatic hydroxyl groups excluding tert-OH is 1. The summed E-state index contributed by atoms with van der Waals surface area (Å²) in [6, 6.07) is 4.37. The largest absolute Gasteiger partial charge is 0.479 e. The van der Waals surface area contributed by atoms with E-state index in [2.05, 4.69) is 31.0 Å². The van der Waals surface area contributed by atoms with E-state index in [9.17, 15) is 33.8 Å². The number of nitrogens with one attached hydrogen (secondary N) is 1. The third kappa shape index (κ3) is 7.05. The number of benzene rings is 1. The fourth-order valence-corrected chi connectivity index (χ4v) is 7.08. The van der Waals surface area contributed by atoms with Gasteiger partial charge in [0, 0.05) is 16.9 Å². The maximum atomic E-state index is 13.3.